The summed E-state index contributed by atoms with van der Waals surface area (Å²) in [6.07, 6.45) is 3.54. The summed E-state index contributed by atoms with van der Waals surface area (Å²) in [5.74, 6) is 0.518. The number of nitrogens with zero attached hydrogens (tertiary/aromatic N) is 1. The molecule has 70 valence electrons. The molecule has 1 N–H and O–H groups in total. The summed E-state index contributed by atoms with van der Waals surface area (Å²) in [6.45, 7) is 4.46. The summed E-state index contributed by atoms with van der Waals surface area (Å²) in [6, 6.07) is 0. The van der Waals surface area contributed by atoms with Crippen molar-refractivity contribution in [3.8, 4) is 0 Å². The molecule has 0 aliphatic carbocycles. The molecule has 0 aromatic carbocycles. The Hall–Kier alpha value is -0.480. The molecule has 0 spiro atoms. The molecule has 4 heteroatoms. The van der Waals surface area contributed by atoms with E-state index >= 15 is 0 Å². The van der Waals surface area contributed by atoms with E-state index in [1.165, 1.54) is 11.8 Å². The van der Waals surface area contributed by atoms with Crippen LogP contribution in [0.15, 0.2) is 12.7 Å². The summed E-state index contributed by atoms with van der Waals surface area (Å²) in [7, 11) is 0. The van der Waals surface area contributed by atoms with Crippen LogP contribution in [0.1, 0.15) is 0 Å². The normalized spacial score (nSPS) is 9.50. The second kappa shape index (κ2) is 7.18. The number of carbonyl (C=O) groups excluding carboxylic acids is 1. The molecule has 0 saturated carbocycles. The minimum atomic E-state index is 0.00790. The molecule has 12 heavy (non-hydrogen) atoms. The lowest BCUT2D eigenvalue weighted by Gasteiger charge is -2.19. The molecule has 3 nitrogen and oxygen atoms in total. The van der Waals surface area contributed by atoms with Crippen LogP contribution in [0.5, 0.6) is 0 Å². The first-order chi connectivity index (χ1) is 5.76. The van der Waals surface area contributed by atoms with Crippen LogP contribution in [-0.2, 0) is 4.79 Å². The lowest BCUT2D eigenvalue weighted by molar-refractivity contribution is -0.128. The topological polar surface area (TPSA) is 40.5 Å². The maximum atomic E-state index is 11.3. The van der Waals surface area contributed by atoms with Gasteiger partial charge in [-0.15, -0.1) is 6.58 Å². The van der Waals surface area contributed by atoms with Crippen LogP contribution >= 0.6 is 11.8 Å². The Morgan fingerprint density at radius 1 is 1.75 bits per heavy atom. The summed E-state index contributed by atoms with van der Waals surface area (Å²) in [5, 5.41) is 8.65. The first-order valence-corrected chi connectivity index (χ1v) is 5.14. The van der Waals surface area contributed by atoms with Gasteiger partial charge in [-0.2, -0.15) is 11.8 Å². The van der Waals surface area contributed by atoms with Crippen molar-refractivity contribution in [3.05, 3.63) is 12.7 Å². The average Bonchev–Trinajstić information content (AvgIpc) is 2.04. The molecule has 0 aliphatic rings. The molecule has 0 atom stereocenters. The molecule has 0 aromatic rings. The third kappa shape index (κ3) is 4.41. The van der Waals surface area contributed by atoms with E-state index in [9.17, 15) is 4.79 Å². The van der Waals surface area contributed by atoms with Crippen LogP contribution in [0.3, 0.4) is 0 Å². The van der Waals surface area contributed by atoms with Gasteiger partial charge in [0.05, 0.1) is 12.4 Å². The highest BCUT2D eigenvalue weighted by Gasteiger charge is 2.09. The summed E-state index contributed by atoms with van der Waals surface area (Å²) >= 11 is 1.48. The molecule has 1 amide bonds. The van der Waals surface area contributed by atoms with Crippen molar-refractivity contribution in [2.24, 2.45) is 0 Å². The van der Waals surface area contributed by atoms with E-state index in [-0.39, 0.29) is 12.5 Å². The Balaban J connectivity index is 3.89. The number of carbonyl (C=O) groups is 1. The standard InChI is InChI=1S/C8H15NO2S/c1-3-4-9(5-6-10)8(11)7-12-2/h3,10H,1,4-7H2,2H3. The number of amides is 1. The molecule has 0 aromatic heterocycles. The second-order valence-electron chi connectivity index (χ2n) is 2.29. The Bertz CT molecular complexity index is 150. The lowest BCUT2D eigenvalue weighted by atomic mass is 10.4. The number of hydrogen-bond acceptors (Lipinski definition) is 3. The lowest BCUT2D eigenvalue weighted by Crippen LogP contribution is -2.34. The Kier molecular flexibility index (Phi) is 6.90. The zero-order chi connectivity index (χ0) is 9.40. The van der Waals surface area contributed by atoms with Crippen LogP contribution in [0.2, 0.25) is 0 Å². The van der Waals surface area contributed by atoms with E-state index in [0.717, 1.165) is 0 Å². The molecule has 0 heterocycles. The zero-order valence-corrected chi connectivity index (χ0v) is 8.14. The molecule has 0 unspecified atom stereocenters. The molecule has 0 fully saturated rings. The predicted molar refractivity (Wildman–Crippen MR) is 52.2 cm³/mol. The highest BCUT2D eigenvalue weighted by molar-refractivity contribution is 7.99. The van der Waals surface area contributed by atoms with Gasteiger partial charge in [-0.05, 0) is 6.26 Å². The Labute approximate surface area is 77.4 Å². The van der Waals surface area contributed by atoms with Gasteiger partial charge in [-0.25, -0.2) is 0 Å². The van der Waals surface area contributed by atoms with E-state index in [2.05, 4.69) is 6.58 Å². The quantitative estimate of drug-likeness (QED) is 0.613. The maximum absolute atomic E-state index is 11.3. The van der Waals surface area contributed by atoms with Gasteiger partial charge in [0.25, 0.3) is 0 Å². The van der Waals surface area contributed by atoms with Gasteiger partial charge in [0.15, 0.2) is 0 Å². The minimum absolute atomic E-state index is 0.00790. The van der Waals surface area contributed by atoms with Crippen molar-refractivity contribution in [1.29, 1.82) is 0 Å². The summed E-state index contributed by atoms with van der Waals surface area (Å²) < 4.78 is 0. The third-order valence-electron chi connectivity index (χ3n) is 1.34. The molecule has 0 radical (unpaired) electrons. The first-order valence-electron chi connectivity index (χ1n) is 3.74. The molecular weight excluding hydrogens is 174 g/mol. The van der Waals surface area contributed by atoms with Gasteiger partial charge < -0.3 is 10.0 Å². The molecule has 0 rings (SSSR count). The zero-order valence-electron chi connectivity index (χ0n) is 7.32. The monoisotopic (exact) mass is 189 g/mol. The first kappa shape index (κ1) is 11.5. The third-order valence-corrected chi connectivity index (χ3v) is 1.88. The van der Waals surface area contributed by atoms with Gasteiger partial charge in [0.2, 0.25) is 5.91 Å². The van der Waals surface area contributed by atoms with Crippen molar-refractivity contribution >= 4 is 17.7 Å². The van der Waals surface area contributed by atoms with Crippen molar-refractivity contribution in [1.82, 2.24) is 4.90 Å². The van der Waals surface area contributed by atoms with Crippen molar-refractivity contribution in [2.75, 3.05) is 31.7 Å². The van der Waals surface area contributed by atoms with E-state index in [1.54, 1.807) is 11.0 Å². The number of thioether (sulfide) groups is 1. The van der Waals surface area contributed by atoms with Gasteiger partial charge in [-0.1, -0.05) is 6.08 Å². The summed E-state index contributed by atoms with van der Waals surface area (Å²) in [4.78, 5) is 12.9. The fraction of sp³-hybridized carbons (Fsp3) is 0.625. The molecule has 0 aliphatic heterocycles. The van der Waals surface area contributed by atoms with E-state index in [1.807, 2.05) is 6.26 Å². The largest absolute Gasteiger partial charge is 0.395 e. The highest BCUT2D eigenvalue weighted by Crippen LogP contribution is 1.97. The number of aliphatic hydroxyl groups is 1. The van der Waals surface area contributed by atoms with Gasteiger partial charge in [0, 0.05) is 13.1 Å². The minimum Gasteiger partial charge on any atom is -0.395 e. The SMILES string of the molecule is C=CCN(CCO)C(=O)CSC. The van der Waals surface area contributed by atoms with Gasteiger partial charge >= 0.3 is 0 Å². The van der Waals surface area contributed by atoms with Crippen molar-refractivity contribution in [3.63, 3.8) is 0 Å². The molecule has 0 saturated heterocycles. The fourth-order valence-electron chi connectivity index (χ4n) is 0.809. The Morgan fingerprint density at radius 3 is 2.83 bits per heavy atom. The van der Waals surface area contributed by atoms with Crippen molar-refractivity contribution in [2.45, 2.75) is 0 Å². The van der Waals surface area contributed by atoms with Crippen molar-refractivity contribution < 1.29 is 9.90 Å². The van der Waals surface area contributed by atoms with Crippen LogP contribution in [0, 0.1) is 0 Å². The highest BCUT2D eigenvalue weighted by atomic mass is 32.2. The fourth-order valence-corrected chi connectivity index (χ4v) is 1.24. The Morgan fingerprint density at radius 2 is 2.42 bits per heavy atom. The van der Waals surface area contributed by atoms with Crippen LogP contribution in [-0.4, -0.2) is 47.6 Å². The van der Waals surface area contributed by atoms with Gasteiger partial charge in [0.1, 0.15) is 0 Å². The second-order valence-corrected chi connectivity index (χ2v) is 3.15. The van der Waals surface area contributed by atoms with Crippen LogP contribution in [0.25, 0.3) is 0 Å². The predicted octanol–water partition coefficient (Wildman–Crippen LogP) is 0.356. The average molecular weight is 189 g/mol. The molecule has 0 bridgehead atoms. The van der Waals surface area contributed by atoms with E-state index in [0.29, 0.717) is 18.8 Å². The van der Waals surface area contributed by atoms with E-state index < -0.39 is 0 Å². The summed E-state index contributed by atoms with van der Waals surface area (Å²) in [5.41, 5.74) is 0. The van der Waals surface area contributed by atoms with Gasteiger partial charge in [-0.3, -0.25) is 4.79 Å². The maximum Gasteiger partial charge on any atom is 0.232 e. The molecular formula is C8H15NO2S. The number of hydrogen-bond donors (Lipinski definition) is 1. The number of aliphatic hydroxyl groups excluding tert-OH is 1. The van der Waals surface area contributed by atoms with Crippen LogP contribution < -0.4 is 0 Å². The number of rotatable bonds is 6. The smallest absolute Gasteiger partial charge is 0.232 e. The van der Waals surface area contributed by atoms with E-state index in [4.69, 9.17) is 5.11 Å². The van der Waals surface area contributed by atoms with Crippen LogP contribution in [0.4, 0.5) is 0 Å².